The standard InChI is InChI=1S/C10H11N3O2/c1-3-13-9-4-8(10(14)15-2)11-5-7(9)6-12-13/h4-6H,3H2,1-2H3. The zero-order chi connectivity index (χ0) is 10.8. The van der Waals surface area contributed by atoms with E-state index in [0.29, 0.717) is 5.69 Å². The lowest BCUT2D eigenvalue weighted by molar-refractivity contribution is 0.0594. The van der Waals surface area contributed by atoms with Gasteiger partial charge in [0.05, 0.1) is 18.8 Å². The molecule has 0 saturated carbocycles. The first-order chi connectivity index (χ1) is 7.26. The van der Waals surface area contributed by atoms with Crippen molar-refractivity contribution in [3.8, 4) is 0 Å². The van der Waals surface area contributed by atoms with Gasteiger partial charge >= 0.3 is 5.97 Å². The molecule has 0 bridgehead atoms. The van der Waals surface area contributed by atoms with E-state index >= 15 is 0 Å². The van der Waals surface area contributed by atoms with Crippen LogP contribution < -0.4 is 0 Å². The fourth-order valence-corrected chi connectivity index (χ4v) is 1.44. The molecule has 5 nitrogen and oxygen atoms in total. The Bertz CT molecular complexity index is 504. The third-order valence-corrected chi connectivity index (χ3v) is 2.22. The summed E-state index contributed by atoms with van der Waals surface area (Å²) in [7, 11) is 1.34. The van der Waals surface area contributed by atoms with Crippen LogP contribution in [-0.2, 0) is 11.3 Å². The molecule has 5 heteroatoms. The van der Waals surface area contributed by atoms with Crippen molar-refractivity contribution in [2.24, 2.45) is 0 Å². The smallest absolute Gasteiger partial charge is 0.356 e. The van der Waals surface area contributed by atoms with Gasteiger partial charge in [-0.25, -0.2) is 9.78 Å². The van der Waals surface area contributed by atoms with Crippen molar-refractivity contribution in [1.82, 2.24) is 14.8 Å². The molecule has 2 aromatic heterocycles. The minimum absolute atomic E-state index is 0.306. The number of hydrogen-bond donors (Lipinski definition) is 0. The van der Waals surface area contributed by atoms with E-state index in [9.17, 15) is 4.79 Å². The quantitative estimate of drug-likeness (QED) is 0.692. The molecule has 0 saturated heterocycles. The number of rotatable bonds is 2. The number of esters is 1. The molecule has 0 N–H and O–H groups in total. The summed E-state index contributed by atoms with van der Waals surface area (Å²) in [6, 6.07) is 1.69. The van der Waals surface area contributed by atoms with Crippen LogP contribution in [0.1, 0.15) is 17.4 Å². The topological polar surface area (TPSA) is 57.0 Å². The Hall–Kier alpha value is -1.91. The van der Waals surface area contributed by atoms with Crippen molar-refractivity contribution in [3.05, 3.63) is 24.2 Å². The lowest BCUT2D eigenvalue weighted by atomic mass is 10.3. The number of hydrogen-bond acceptors (Lipinski definition) is 4. The number of carbonyl (C=O) groups is 1. The summed E-state index contributed by atoms with van der Waals surface area (Å²) in [5, 5.41) is 5.09. The van der Waals surface area contributed by atoms with E-state index in [-0.39, 0.29) is 0 Å². The van der Waals surface area contributed by atoms with E-state index in [1.807, 2.05) is 11.6 Å². The Balaban J connectivity index is 2.57. The van der Waals surface area contributed by atoms with Gasteiger partial charge in [0.25, 0.3) is 0 Å². The number of carbonyl (C=O) groups excluding carboxylic acids is 1. The van der Waals surface area contributed by atoms with Gasteiger partial charge in [-0.3, -0.25) is 4.68 Å². The second kappa shape index (κ2) is 3.68. The van der Waals surface area contributed by atoms with E-state index in [4.69, 9.17) is 0 Å². The predicted octanol–water partition coefficient (Wildman–Crippen LogP) is 1.24. The third kappa shape index (κ3) is 1.56. The summed E-state index contributed by atoms with van der Waals surface area (Å²) in [6.45, 7) is 2.75. The number of methoxy groups -OCH3 is 1. The lowest BCUT2D eigenvalue weighted by Gasteiger charge is -2.00. The van der Waals surface area contributed by atoms with Crippen LogP contribution in [0.4, 0.5) is 0 Å². The molecule has 0 unspecified atom stereocenters. The van der Waals surface area contributed by atoms with Gasteiger partial charge in [-0.15, -0.1) is 0 Å². The van der Waals surface area contributed by atoms with Crippen molar-refractivity contribution in [2.75, 3.05) is 7.11 Å². The highest BCUT2D eigenvalue weighted by atomic mass is 16.5. The van der Waals surface area contributed by atoms with Crippen LogP contribution in [0.15, 0.2) is 18.5 Å². The highest BCUT2D eigenvalue weighted by Crippen LogP contribution is 2.13. The van der Waals surface area contributed by atoms with Crippen LogP contribution in [0.5, 0.6) is 0 Å². The average molecular weight is 205 g/mol. The molecule has 2 rings (SSSR count). The molecule has 15 heavy (non-hydrogen) atoms. The van der Waals surface area contributed by atoms with Crippen LogP contribution in [0.25, 0.3) is 10.9 Å². The van der Waals surface area contributed by atoms with E-state index in [0.717, 1.165) is 17.4 Å². The van der Waals surface area contributed by atoms with Crippen LogP contribution in [0.3, 0.4) is 0 Å². The van der Waals surface area contributed by atoms with E-state index < -0.39 is 5.97 Å². The lowest BCUT2D eigenvalue weighted by Crippen LogP contribution is -2.04. The molecule has 0 fully saturated rings. The zero-order valence-corrected chi connectivity index (χ0v) is 8.60. The first-order valence-electron chi connectivity index (χ1n) is 4.66. The monoisotopic (exact) mass is 205 g/mol. The third-order valence-electron chi connectivity index (χ3n) is 2.22. The van der Waals surface area contributed by atoms with Crippen molar-refractivity contribution < 1.29 is 9.53 Å². The number of pyridine rings is 1. The largest absolute Gasteiger partial charge is 0.464 e. The summed E-state index contributed by atoms with van der Waals surface area (Å²) in [5.41, 5.74) is 1.20. The van der Waals surface area contributed by atoms with Gasteiger partial charge in [-0.1, -0.05) is 0 Å². The minimum atomic E-state index is -0.430. The Morgan fingerprint density at radius 1 is 1.53 bits per heavy atom. The van der Waals surface area contributed by atoms with E-state index in [1.165, 1.54) is 7.11 Å². The van der Waals surface area contributed by atoms with Gasteiger partial charge in [0, 0.05) is 18.1 Å². The van der Waals surface area contributed by atoms with Crippen LogP contribution >= 0.6 is 0 Å². The highest BCUT2D eigenvalue weighted by Gasteiger charge is 2.09. The van der Waals surface area contributed by atoms with Crippen molar-refractivity contribution in [1.29, 1.82) is 0 Å². The van der Waals surface area contributed by atoms with Gasteiger partial charge in [0.15, 0.2) is 5.69 Å². The molecule has 78 valence electrons. The van der Waals surface area contributed by atoms with E-state index in [1.54, 1.807) is 18.5 Å². The zero-order valence-electron chi connectivity index (χ0n) is 8.60. The van der Waals surface area contributed by atoms with Crippen LogP contribution in [-0.4, -0.2) is 27.8 Å². The summed E-state index contributed by atoms with van der Waals surface area (Å²) < 4.78 is 6.41. The van der Waals surface area contributed by atoms with Gasteiger partial charge < -0.3 is 4.74 Å². The van der Waals surface area contributed by atoms with Crippen molar-refractivity contribution in [3.63, 3.8) is 0 Å². The minimum Gasteiger partial charge on any atom is -0.464 e. The first-order valence-corrected chi connectivity index (χ1v) is 4.66. The molecule has 0 aliphatic heterocycles. The number of nitrogens with zero attached hydrogens (tertiary/aromatic N) is 3. The molecule has 2 heterocycles. The molecular formula is C10H11N3O2. The maximum Gasteiger partial charge on any atom is 0.356 e. The molecule has 0 aliphatic rings. The van der Waals surface area contributed by atoms with Crippen molar-refractivity contribution >= 4 is 16.9 Å². The number of aromatic nitrogens is 3. The summed E-state index contributed by atoms with van der Waals surface area (Å²) in [4.78, 5) is 15.3. The van der Waals surface area contributed by atoms with Gasteiger partial charge in [0.2, 0.25) is 0 Å². The summed E-state index contributed by atoms with van der Waals surface area (Å²) >= 11 is 0. The molecule has 2 aromatic rings. The van der Waals surface area contributed by atoms with Gasteiger partial charge in [-0.05, 0) is 13.0 Å². The summed E-state index contributed by atoms with van der Waals surface area (Å²) in [5.74, 6) is -0.430. The number of ether oxygens (including phenoxy) is 1. The Kier molecular flexibility index (Phi) is 2.37. The molecule has 0 atom stereocenters. The summed E-state index contributed by atoms with van der Waals surface area (Å²) in [6.07, 6.45) is 3.35. The van der Waals surface area contributed by atoms with Crippen LogP contribution in [0.2, 0.25) is 0 Å². The normalized spacial score (nSPS) is 10.5. The average Bonchev–Trinajstić information content (AvgIpc) is 2.69. The maximum absolute atomic E-state index is 11.3. The Morgan fingerprint density at radius 2 is 2.33 bits per heavy atom. The Labute approximate surface area is 86.7 Å². The van der Waals surface area contributed by atoms with Crippen LogP contribution in [0, 0.1) is 0 Å². The second-order valence-corrected chi connectivity index (χ2v) is 3.08. The fraction of sp³-hybridized carbons (Fsp3) is 0.300. The SMILES string of the molecule is CCn1ncc2cnc(C(=O)OC)cc21. The van der Waals surface area contributed by atoms with Gasteiger partial charge in [-0.2, -0.15) is 5.10 Å². The highest BCUT2D eigenvalue weighted by molar-refractivity contribution is 5.91. The first kappa shape index (κ1) is 9.64. The number of fused-ring (bicyclic) bond motifs is 1. The number of aryl methyl sites for hydroxylation is 1. The predicted molar refractivity (Wildman–Crippen MR) is 54.5 cm³/mol. The molecular weight excluding hydrogens is 194 g/mol. The molecule has 0 aliphatic carbocycles. The Morgan fingerprint density at radius 3 is 3.00 bits per heavy atom. The van der Waals surface area contributed by atoms with Gasteiger partial charge in [0.1, 0.15) is 0 Å². The van der Waals surface area contributed by atoms with Crippen molar-refractivity contribution in [2.45, 2.75) is 13.5 Å². The maximum atomic E-state index is 11.3. The molecule has 0 spiro atoms. The molecule has 0 amide bonds. The fourth-order valence-electron chi connectivity index (χ4n) is 1.44. The second-order valence-electron chi connectivity index (χ2n) is 3.08. The van der Waals surface area contributed by atoms with E-state index in [2.05, 4.69) is 14.8 Å². The molecule has 0 aromatic carbocycles. The molecule has 0 radical (unpaired) electrons.